The van der Waals surface area contributed by atoms with E-state index >= 15 is 0 Å². The number of aryl methyl sites for hydroxylation is 1. The Balaban J connectivity index is 1.69. The van der Waals surface area contributed by atoms with Gasteiger partial charge in [0.25, 0.3) is 10.0 Å². The smallest absolute Gasteiger partial charge is 0.264 e. The van der Waals surface area contributed by atoms with Crippen molar-refractivity contribution in [3.63, 3.8) is 0 Å². The number of methoxy groups -OCH3 is 2. The van der Waals surface area contributed by atoms with Crippen LogP contribution in [0, 0.1) is 6.92 Å². The van der Waals surface area contributed by atoms with Gasteiger partial charge in [-0.05, 0) is 56.5 Å². The molecule has 3 aromatic carbocycles. The summed E-state index contributed by atoms with van der Waals surface area (Å²) in [5, 5.41) is 3.12. The van der Waals surface area contributed by atoms with Gasteiger partial charge in [0.15, 0.2) is 11.5 Å². The van der Waals surface area contributed by atoms with Gasteiger partial charge < -0.3 is 19.7 Å². The van der Waals surface area contributed by atoms with Gasteiger partial charge in [0.2, 0.25) is 11.8 Å². The Bertz CT molecular complexity index is 1490. The number of benzene rings is 3. The quantitative estimate of drug-likeness (QED) is 0.308. The minimum Gasteiger partial charge on any atom is -0.493 e. The summed E-state index contributed by atoms with van der Waals surface area (Å²) in [6.45, 7) is 3.24. The molecule has 1 aliphatic rings. The van der Waals surface area contributed by atoms with Crippen LogP contribution in [0.2, 0.25) is 0 Å². The van der Waals surface area contributed by atoms with E-state index in [9.17, 15) is 18.0 Å². The van der Waals surface area contributed by atoms with E-state index in [2.05, 4.69) is 5.32 Å². The second kappa shape index (κ2) is 14.4. The first-order valence-electron chi connectivity index (χ1n) is 14.6. The molecule has 0 saturated heterocycles. The Morgan fingerprint density at radius 3 is 2.19 bits per heavy atom. The van der Waals surface area contributed by atoms with Gasteiger partial charge in [-0.3, -0.25) is 13.9 Å². The monoisotopic (exact) mass is 607 g/mol. The maximum atomic E-state index is 14.1. The number of hydrogen-bond donors (Lipinski definition) is 1. The van der Waals surface area contributed by atoms with Crippen LogP contribution in [0.25, 0.3) is 0 Å². The predicted molar refractivity (Wildman–Crippen MR) is 167 cm³/mol. The molecule has 0 aromatic heterocycles. The molecule has 2 amide bonds. The summed E-state index contributed by atoms with van der Waals surface area (Å²) in [5.74, 6) is -0.121. The second-order valence-corrected chi connectivity index (χ2v) is 12.8. The summed E-state index contributed by atoms with van der Waals surface area (Å²) in [6.07, 6.45) is 5.10. The fraction of sp³-hybridized carbons (Fsp3) is 0.394. The zero-order valence-electron chi connectivity index (χ0n) is 25.3. The first-order chi connectivity index (χ1) is 20.6. The van der Waals surface area contributed by atoms with Crippen LogP contribution in [0.15, 0.2) is 77.7 Å². The van der Waals surface area contributed by atoms with Crippen LogP contribution in [0.3, 0.4) is 0 Å². The Hall–Kier alpha value is -4.05. The topological polar surface area (TPSA) is 105 Å². The van der Waals surface area contributed by atoms with E-state index in [1.54, 1.807) is 31.2 Å². The van der Waals surface area contributed by atoms with E-state index in [-0.39, 0.29) is 29.1 Å². The number of amides is 2. The van der Waals surface area contributed by atoms with Crippen molar-refractivity contribution >= 4 is 27.5 Å². The molecule has 1 atom stereocenters. The third-order valence-corrected chi connectivity index (χ3v) is 9.63. The van der Waals surface area contributed by atoms with Gasteiger partial charge in [0, 0.05) is 18.7 Å². The Morgan fingerprint density at radius 2 is 1.56 bits per heavy atom. The summed E-state index contributed by atoms with van der Waals surface area (Å²) in [7, 11) is -1.35. The Morgan fingerprint density at radius 1 is 0.907 bits per heavy atom. The van der Waals surface area contributed by atoms with Gasteiger partial charge in [-0.25, -0.2) is 8.42 Å². The lowest BCUT2D eigenvalue weighted by atomic mass is 9.95. The zero-order chi connectivity index (χ0) is 31.0. The number of ether oxygens (including phenoxy) is 2. The van der Waals surface area contributed by atoms with E-state index in [0.717, 1.165) is 47.5 Å². The lowest BCUT2D eigenvalue weighted by Gasteiger charge is -2.33. The molecule has 0 spiro atoms. The highest BCUT2D eigenvalue weighted by atomic mass is 32.2. The van der Waals surface area contributed by atoms with Crippen LogP contribution in [-0.4, -0.2) is 58.0 Å². The van der Waals surface area contributed by atoms with Crippen LogP contribution in [0.5, 0.6) is 11.5 Å². The fourth-order valence-corrected chi connectivity index (χ4v) is 6.71. The highest BCUT2D eigenvalue weighted by Gasteiger charge is 2.33. The highest BCUT2D eigenvalue weighted by molar-refractivity contribution is 7.92. The molecule has 9 nitrogen and oxygen atoms in total. The fourth-order valence-electron chi connectivity index (χ4n) is 5.28. The lowest BCUT2D eigenvalue weighted by molar-refractivity contribution is -0.139. The van der Waals surface area contributed by atoms with E-state index in [1.165, 1.54) is 37.3 Å². The Labute approximate surface area is 254 Å². The summed E-state index contributed by atoms with van der Waals surface area (Å²) in [4.78, 5) is 29.0. The summed E-state index contributed by atoms with van der Waals surface area (Å²) < 4.78 is 40.0. The first-order valence-corrected chi connectivity index (χ1v) is 16.0. The molecule has 0 aliphatic heterocycles. The maximum Gasteiger partial charge on any atom is 0.264 e. The molecular formula is C33H41N3O6S. The van der Waals surface area contributed by atoms with Crippen molar-refractivity contribution in [2.24, 2.45) is 0 Å². The van der Waals surface area contributed by atoms with Gasteiger partial charge in [-0.1, -0.05) is 67.3 Å². The number of carbonyl (C=O) groups excluding carboxylic acids is 2. The van der Waals surface area contributed by atoms with Crippen LogP contribution in [-0.2, 0) is 26.2 Å². The zero-order valence-corrected chi connectivity index (χ0v) is 26.1. The number of nitrogens with one attached hydrogen (secondary N) is 1. The van der Waals surface area contributed by atoms with Crippen molar-refractivity contribution in [3.8, 4) is 11.5 Å². The average Bonchev–Trinajstić information content (AvgIpc) is 3.03. The van der Waals surface area contributed by atoms with Gasteiger partial charge >= 0.3 is 0 Å². The van der Waals surface area contributed by atoms with Gasteiger partial charge in [-0.15, -0.1) is 0 Å². The molecule has 1 fully saturated rings. The number of carbonyl (C=O) groups is 2. The number of rotatable bonds is 12. The van der Waals surface area contributed by atoms with E-state index < -0.39 is 28.5 Å². The molecule has 230 valence electrons. The molecule has 0 bridgehead atoms. The van der Waals surface area contributed by atoms with Gasteiger partial charge in [0.1, 0.15) is 12.6 Å². The molecule has 1 saturated carbocycles. The minimum atomic E-state index is -4.24. The Kier molecular flexibility index (Phi) is 10.7. The lowest BCUT2D eigenvalue weighted by Crippen LogP contribution is -2.53. The second-order valence-electron chi connectivity index (χ2n) is 10.9. The van der Waals surface area contributed by atoms with Crippen LogP contribution in [0.1, 0.15) is 50.2 Å². The molecule has 10 heteroatoms. The summed E-state index contributed by atoms with van der Waals surface area (Å²) in [5.41, 5.74) is 2.10. The molecule has 0 unspecified atom stereocenters. The van der Waals surface area contributed by atoms with Crippen molar-refractivity contribution in [1.82, 2.24) is 10.2 Å². The molecule has 1 aliphatic carbocycles. The van der Waals surface area contributed by atoms with Crippen LogP contribution < -0.4 is 19.1 Å². The first kappa shape index (κ1) is 31.9. The van der Waals surface area contributed by atoms with Crippen LogP contribution >= 0.6 is 0 Å². The van der Waals surface area contributed by atoms with Crippen molar-refractivity contribution in [3.05, 3.63) is 83.9 Å². The molecule has 4 rings (SSSR count). The third-order valence-electron chi connectivity index (χ3n) is 7.86. The molecule has 1 N–H and O–H groups in total. The number of hydrogen-bond acceptors (Lipinski definition) is 6. The standard InChI is InChI=1S/C33H41N3O6S/c1-24-15-17-28(18-16-24)36(43(39,40)29-19-20-30(41-3)31(21-29)42-4)23-32(37)35(22-26-11-7-5-8-12-26)25(2)33(38)34-27-13-9-6-10-14-27/h5,7-8,11-12,15-21,25,27H,6,9-10,13-14,22-23H2,1-4H3,(H,34,38)/t25-/m1/s1. The molecule has 43 heavy (non-hydrogen) atoms. The molecule has 0 heterocycles. The normalized spacial score (nSPS) is 14.4. The van der Waals surface area contributed by atoms with E-state index in [0.29, 0.717) is 11.4 Å². The van der Waals surface area contributed by atoms with E-state index in [4.69, 9.17) is 9.47 Å². The van der Waals surface area contributed by atoms with Gasteiger partial charge in [0.05, 0.1) is 24.8 Å². The van der Waals surface area contributed by atoms with Crippen molar-refractivity contribution < 1.29 is 27.5 Å². The van der Waals surface area contributed by atoms with Crippen molar-refractivity contribution in [2.45, 2.75) is 69.5 Å². The van der Waals surface area contributed by atoms with Crippen molar-refractivity contribution in [2.75, 3.05) is 25.1 Å². The third kappa shape index (κ3) is 7.87. The highest BCUT2D eigenvalue weighted by Crippen LogP contribution is 2.32. The minimum absolute atomic E-state index is 0.0591. The number of anilines is 1. The average molecular weight is 608 g/mol. The van der Waals surface area contributed by atoms with Crippen LogP contribution in [0.4, 0.5) is 5.69 Å². The SMILES string of the molecule is COc1ccc(S(=O)(=O)N(CC(=O)N(Cc2ccccc2)[C@H](C)C(=O)NC2CCCCC2)c2ccc(C)cc2)cc1OC. The largest absolute Gasteiger partial charge is 0.493 e. The van der Waals surface area contributed by atoms with Crippen molar-refractivity contribution in [1.29, 1.82) is 0 Å². The summed E-state index contributed by atoms with van der Waals surface area (Å²) >= 11 is 0. The van der Waals surface area contributed by atoms with Gasteiger partial charge in [-0.2, -0.15) is 0 Å². The predicted octanol–water partition coefficient (Wildman–Crippen LogP) is 5.07. The molecule has 0 radical (unpaired) electrons. The summed E-state index contributed by atoms with van der Waals surface area (Å²) in [6, 6.07) is 19.9. The number of nitrogens with zero attached hydrogens (tertiary/aromatic N) is 2. The molecular weight excluding hydrogens is 566 g/mol. The maximum absolute atomic E-state index is 14.1. The van der Waals surface area contributed by atoms with E-state index in [1.807, 2.05) is 37.3 Å². The molecule has 3 aromatic rings. The number of sulfonamides is 1.